The molecule has 0 amide bonds. The molecule has 0 aliphatic rings. The first-order valence-electron chi connectivity index (χ1n) is 5.79. The molecule has 4 nitrogen and oxygen atoms in total. The summed E-state index contributed by atoms with van der Waals surface area (Å²) in [6.45, 7) is 2.64. The third-order valence-corrected chi connectivity index (χ3v) is 3.19. The Morgan fingerprint density at radius 1 is 1.17 bits per heavy atom. The number of nitrogens with two attached hydrogens (primary N) is 1. The van der Waals surface area contributed by atoms with Crippen molar-refractivity contribution < 1.29 is 14.2 Å². The smallest absolute Gasteiger partial charge is 0.167 e. The Hall–Kier alpha value is -1.13. The lowest BCUT2D eigenvalue weighted by Crippen LogP contribution is -2.08. The van der Waals surface area contributed by atoms with Crippen molar-refractivity contribution in [3.05, 3.63) is 16.7 Å². The Kier molecular flexibility index (Phi) is 5.56. The van der Waals surface area contributed by atoms with Crippen molar-refractivity contribution >= 4 is 11.6 Å². The van der Waals surface area contributed by atoms with E-state index < -0.39 is 0 Å². The van der Waals surface area contributed by atoms with Crippen LogP contribution in [0.2, 0.25) is 5.02 Å². The molecule has 0 aliphatic carbocycles. The van der Waals surface area contributed by atoms with E-state index in [9.17, 15) is 0 Å². The minimum absolute atomic E-state index is 0.174. The van der Waals surface area contributed by atoms with E-state index in [1.54, 1.807) is 27.4 Å². The minimum atomic E-state index is 0.174. The van der Waals surface area contributed by atoms with E-state index in [2.05, 4.69) is 6.92 Å². The lowest BCUT2D eigenvalue weighted by Gasteiger charge is -2.21. The van der Waals surface area contributed by atoms with Gasteiger partial charge in [0.05, 0.1) is 26.4 Å². The summed E-state index contributed by atoms with van der Waals surface area (Å²) in [7, 11) is 4.77. The van der Waals surface area contributed by atoms with Gasteiger partial charge in [-0.1, -0.05) is 18.5 Å². The third kappa shape index (κ3) is 2.82. The van der Waals surface area contributed by atoms with Crippen LogP contribution in [0.25, 0.3) is 0 Å². The van der Waals surface area contributed by atoms with Gasteiger partial charge in [0.1, 0.15) is 5.75 Å². The van der Waals surface area contributed by atoms with Crippen LogP contribution in [0.15, 0.2) is 6.07 Å². The molecule has 0 bridgehead atoms. The van der Waals surface area contributed by atoms with Crippen LogP contribution in [-0.2, 0) is 0 Å². The van der Waals surface area contributed by atoms with Crippen LogP contribution < -0.4 is 19.9 Å². The highest BCUT2D eigenvalue weighted by atomic mass is 35.5. The molecule has 1 aromatic rings. The van der Waals surface area contributed by atoms with Crippen molar-refractivity contribution in [3.8, 4) is 17.2 Å². The molecule has 0 radical (unpaired) electrons. The molecule has 102 valence electrons. The summed E-state index contributed by atoms with van der Waals surface area (Å²) in [5.74, 6) is 2.05. The van der Waals surface area contributed by atoms with Gasteiger partial charge in [-0.3, -0.25) is 0 Å². The van der Waals surface area contributed by atoms with Crippen LogP contribution in [0.1, 0.15) is 24.8 Å². The molecule has 2 N–H and O–H groups in total. The maximum Gasteiger partial charge on any atom is 0.167 e. The lowest BCUT2D eigenvalue weighted by atomic mass is 9.95. The fourth-order valence-corrected chi connectivity index (χ4v) is 2.30. The highest BCUT2D eigenvalue weighted by Crippen LogP contribution is 2.46. The second-order valence-corrected chi connectivity index (χ2v) is 4.43. The Labute approximate surface area is 113 Å². The van der Waals surface area contributed by atoms with Crippen LogP contribution >= 0.6 is 11.6 Å². The van der Waals surface area contributed by atoms with Crippen LogP contribution in [0.5, 0.6) is 17.2 Å². The number of methoxy groups -OCH3 is 3. The second-order valence-electron chi connectivity index (χ2n) is 4.02. The van der Waals surface area contributed by atoms with E-state index in [0.29, 0.717) is 28.8 Å². The highest BCUT2D eigenvalue weighted by Gasteiger charge is 2.23. The molecule has 1 atom stereocenters. The molecule has 0 saturated carbocycles. The molecular weight excluding hydrogens is 254 g/mol. The molecule has 0 saturated heterocycles. The standard InChI is InChI=1S/C13H20ClNO3/c1-8(5-6-15)11-12(17-3)9(14)7-10(16-2)13(11)18-4/h7-8H,5-6,15H2,1-4H3. The summed E-state index contributed by atoms with van der Waals surface area (Å²) in [4.78, 5) is 0. The van der Waals surface area contributed by atoms with Crippen molar-refractivity contribution in [2.24, 2.45) is 5.73 Å². The summed E-state index contributed by atoms with van der Waals surface area (Å²) in [5.41, 5.74) is 6.51. The van der Waals surface area contributed by atoms with Gasteiger partial charge in [0.2, 0.25) is 0 Å². The van der Waals surface area contributed by atoms with E-state index in [1.807, 2.05) is 0 Å². The number of halogens is 1. The molecular formula is C13H20ClNO3. The van der Waals surface area contributed by atoms with Gasteiger partial charge >= 0.3 is 0 Å². The number of hydrogen-bond donors (Lipinski definition) is 1. The zero-order valence-corrected chi connectivity index (χ0v) is 12.0. The van der Waals surface area contributed by atoms with Gasteiger partial charge in [-0.2, -0.15) is 0 Å². The number of hydrogen-bond acceptors (Lipinski definition) is 4. The maximum absolute atomic E-state index is 6.19. The largest absolute Gasteiger partial charge is 0.495 e. The van der Waals surface area contributed by atoms with E-state index in [-0.39, 0.29) is 5.92 Å². The fraction of sp³-hybridized carbons (Fsp3) is 0.538. The van der Waals surface area contributed by atoms with Gasteiger partial charge < -0.3 is 19.9 Å². The fourth-order valence-electron chi connectivity index (χ4n) is 2.02. The van der Waals surface area contributed by atoms with E-state index >= 15 is 0 Å². The topological polar surface area (TPSA) is 53.7 Å². The SMILES string of the molecule is COc1cc(Cl)c(OC)c(C(C)CCN)c1OC. The molecule has 0 heterocycles. The first-order valence-corrected chi connectivity index (χ1v) is 6.16. The van der Waals surface area contributed by atoms with Crippen molar-refractivity contribution in [2.75, 3.05) is 27.9 Å². The Morgan fingerprint density at radius 3 is 2.22 bits per heavy atom. The van der Waals surface area contributed by atoms with Crippen molar-refractivity contribution in [3.63, 3.8) is 0 Å². The predicted molar refractivity (Wildman–Crippen MR) is 73.2 cm³/mol. The number of rotatable bonds is 6. The molecule has 1 rings (SSSR count). The molecule has 0 aromatic heterocycles. The highest BCUT2D eigenvalue weighted by molar-refractivity contribution is 6.32. The zero-order chi connectivity index (χ0) is 13.7. The van der Waals surface area contributed by atoms with Crippen LogP contribution in [0.4, 0.5) is 0 Å². The van der Waals surface area contributed by atoms with Crippen LogP contribution in [-0.4, -0.2) is 27.9 Å². The minimum Gasteiger partial charge on any atom is -0.495 e. The molecule has 0 spiro atoms. The van der Waals surface area contributed by atoms with Crippen molar-refractivity contribution in [2.45, 2.75) is 19.3 Å². The van der Waals surface area contributed by atoms with Gasteiger partial charge in [0.15, 0.2) is 11.5 Å². The monoisotopic (exact) mass is 273 g/mol. The molecule has 0 aliphatic heterocycles. The van der Waals surface area contributed by atoms with E-state index in [0.717, 1.165) is 12.0 Å². The third-order valence-electron chi connectivity index (χ3n) is 2.91. The lowest BCUT2D eigenvalue weighted by molar-refractivity contribution is 0.340. The summed E-state index contributed by atoms with van der Waals surface area (Å²) >= 11 is 6.19. The molecule has 5 heteroatoms. The summed E-state index contributed by atoms with van der Waals surface area (Å²) < 4.78 is 16.1. The van der Waals surface area contributed by atoms with Crippen molar-refractivity contribution in [1.29, 1.82) is 0 Å². The zero-order valence-electron chi connectivity index (χ0n) is 11.2. The summed E-state index contributed by atoms with van der Waals surface area (Å²) in [6.07, 6.45) is 0.816. The normalized spacial score (nSPS) is 12.1. The summed E-state index contributed by atoms with van der Waals surface area (Å²) in [6, 6.07) is 1.69. The summed E-state index contributed by atoms with van der Waals surface area (Å²) in [5, 5.41) is 0.508. The van der Waals surface area contributed by atoms with Gasteiger partial charge in [-0.15, -0.1) is 0 Å². The van der Waals surface area contributed by atoms with Gasteiger partial charge in [0, 0.05) is 11.6 Å². The molecule has 1 aromatic carbocycles. The molecule has 18 heavy (non-hydrogen) atoms. The first-order chi connectivity index (χ1) is 8.60. The van der Waals surface area contributed by atoms with E-state index in [4.69, 9.17) is 31.5 Å². The predicted octanol–water partition coefficient (Wildman–Crippen LogP) is 2.82. The molecule has 1 unspecified atom stereocenters. The number of ether oxygens (including phenoxy) is 3. The average molecular weight is 274 g/mol. The Morgan fingerprint density at radius 2 is 1.78 bits per heavy atom. The second kappa shape index (κ2) is 6.71. The van der Waals surface area contributed by atoms with Crippen LogP contribution in [0.3, 0.4) is 0 Å². The van der Waals surface area contributed by atoms with Gasteiger partial charge in [-0.25, -0.2) is 0 Å². The van der Waals surface area contributed by atoms with Crippen molar-refractivity contribution in [1.82, 2.24) is 0 Å². The van der Waals surface area contributed by atoms with Gasteiger partial charge in [0.25, 0.3) is 0 Å². The Bertz CT molecular complexity index is 410. The van der Waals surface area contributed by atoms with Crippen LogP contribution in [0, 0.1) is 0 Å². The van der Waals surface area contributed by atoms with Gasteiger partial charge in [-0.05, 0) is 18.9 Å². The number of benzene rings is 1. The average Bonchev–Trinajstić information content (AvgIpc) is 2.37. The quantitative estimate of drug-likeness (QED) is 0.866. The first kappa shape index (κ1) is 14.9. The Balaban J connectivity index is 3.44. The maximum atomic E-state index is 6.19. The van der Waals surface area contributed by atoms with E-state index in [1.165, 1.54) is 0 Å². The molecule has 0 fully saturated rings.